The van der Waals surface area contributed by atoms with E-state index in [-0.39, 0.29) is 0 Å². The Bertz CT molecular complexity index is 763. The van der Waals surface area contributed by atoms with Crippen molar-refractivity contribution in [2.24, 2.45) is 4.99 Å². The molecule has 1 aliphatic rings. The second-order valence-corrected chi connectivity index (χ2v) is 6.77. The summed E-state index contributed by atoms with van der Waals surface area (Å²) >= 11 is 0. The number of hydrogen-bond acceptors (Lipinski definition) is 6. The maximum absolute atomic E-state index is 5.79. The minimum absolute atomic E-state index is 0.655. The number of benzene rings is 1. The van der Waals surface area contributed by atoms with E-state index in [4.69, 9.17) is 9.47 Å². The number of anilines is 1. The molecule has 29 heavy (non-hydrogen) atoms. The quantitative estimate of drug-likeness (QED) is 0.413. The summed E-state index contributed by atoms with van der Waals surface area (Å²) in [6.07, 6.45) is 4.45. The third kappa shape index (κ3) is 6.32. The van der Waals surface area contributed by atoms with Crippen LogP contribution in [-0.4, -0.2) is 74.4 Å². The van der Waals surface area contributed by atoms with Gasteiger partial charge >= 0.3 is 0 Å². The first-order valence-corrected chi connectivity index (χ1v) is 9.98. The normalized spacial score (nSPS) is 14.8. The molecular weight excluding hydrogens is 368 g/mol. The summed E-state index contributed by atoms with van der Waals surface area (Å²) in [6, 6.07) is 10.00. The Balaban J connectivity index is 1.47. The fourth-order valence-electron chi connectivity index (χ4n) is 3.22. The molecule has 0 atom stereocenters. The molecule has 1 aromatic heterocycles. The summed E-state index contributed by atoms with van der Waals surface area (Å²) in [7, 11) is 3.53. The Morgan fingerprint density at radius 3 is 2.62 bits per heavy atom. The van der Waals surface area contributed by atoms with Crippen LogP contribution >= 0.6 is 0 Å². The molecule has 2 heterocycles. The lowest BCUT2D eigenvalue weighted by molar-refractivity contribution is 0.172. The predicted octanol–water partition coefficient (Wildman–Crippen LogP) is 1.79. The SMILES string of the molecule is CN=C(NCc1cccc(OCCCOC)c1)N1CCN(c2ncccn2)CC1. The fraction of sp³-hybridized carbons (Fsp3) is 0.476. The van der Waals surface area contributed by atoms with Crippen molar-refractivity contribution in [3.8, 4) is 5.75 Å². The van der Waals surface area contributed by atoms with Crippen LogP contribution in [0.2, 0.25) is 0 Å². The molecule has 3 rings (SSSR count). The fourth-order valence-corrected chi connectivity index (χ4v) is 3.22. The van der Waals surface area contributed by atoms with Crippen LogP contribution in [0, 0.1) is 0 Å². The number of aromatic nitrogens is 2. The van der Waals surface area contributed by atoms with Crippen molar-refractivity contribution >= 4 is 11.9 Å². The number of rotatable bonds is 8. The van der Waals surface area contributed by atoms with Gasteiger partial charge in [0, 0.05) is 72.3 Å². The largest absolute Gasteiger partial charge is 0.493 e. The van der Waals surface area contributed by atoms with Gasteiger partial charge in [0.2, 0.25) is 5.95 Å². The van der Waals surface area contributed by atoms with Crippen molar-refractivity contribution in [3.05, 3.63) is 48.3 Å². The highest BCUT2D eigenvalue weighted by molar-refractivity contribution is 5.80. The smallest absolute Gasteiger partial charge is 0.225 e. The van der Waals surface area contributed by atoms with Gasteiger partial charge in [0.25, 0.3) is 0 Å². The molecule has 0 bridgehead atoms. The molecule has 0 saturated carbocycles. The van der Waals surface area contributed by atoms with Gasteiger partial charge in [0.15, 0.2) is 5.96 Å². The van der Waals surface area contributed by atoms with Crippen molar-refractivity contribution in [2.45, 2.75) is 13.0 Å². The van der Waals surface area contributed by atoms with Gasteiger partial charge in [-0.25, -0.2) is 9.97 Å². The second-order valence-electron chi connectivity index (χ2n) is 6.77. The van der Waals surface area contributed by atoms with Gasteiger partial charge in [-0.05, 0) is 23.8 Å². The number of piperazine rings is 1. The van der Waals surface area contributed by atoms with E-state index in [0.717, 1.165) is 55.8 Å². The Morgan fingerprint density at radius 2 is 1.90 bits per heavy atom. The first-order chi connectivity index (χ1) is 14.3. The van der Waals surface area contributed by atoms with Crippen LogP contribution in [0.4, 0.5) is 5.95 Å². The summed E-state index contributed by atoms with van der Waals surface area (Å²) in [4.78, 5) is 17.6. The van der Waals surface area contributed by atoms with E-state index in [2.05, 4.69) is 42.2 Å². The molecule has 0 radical (unpaired) electrons. The molecule has 156 valence electrons. The Labute approximate surface area is 172 Å². The third-order valence-corrected chi connectivity index (χ3v) is 4.74. The molecule has 1 N–H and O–H groups in total. The van der Waals surface area contributed by atoms with Crippen LogP contribution in [-0.2, 0) is 11.3 Å². The zero-order valence-corrected chi connectivity index (χ0v) is 17.3. The number of guanidine groups is 1. The number of ether oxygens (including phenoxy) is 2. The van der Waals surface area contributed by atoms with Crippen molar-refractivity contribution < 1.29 is 9.47 Å². The average molecular weight is 399 g/mol. The minimum Gasteiger partial charge on any atom is -0.493 e. The van der Waals surface area contributed by atoms with Gasteiger partial charge in [-0.2, -0.15) is 0 Å². The average Bonchev–Trinajstić information content (AvgIpc) is 2.78. The van der Waals surface area contributed by atoms with E-state index in [9.17, 15) is 0 Å². The van der Waals surface area contributed by atoms with Crippen LogP contribution in [0.5, 0.6) is 5.75 Å². The molecule has 8 nitrogen and oxygen atoms in total. The Hall–Kier alpha value is -2.87. The topological polar surface area (TPSA) is 75.1 Å². The molecule has 0 spiro atoms. The third-order valence-electron chi connectivity index (χ3n) is 4.74. The van der Waals surface area contributed by atoms with Crippen molar-refractivity contribution in [2.75, 3.05) is 58.5 Å². The maximum Gasteiger partial charge on any atom is 0.225 e. The van der Waals surface area contributed by atoms with Crippen LogP contribution in [0.3, 0.4) is 0 Å². The molecule has 1 fully saturated rings. The first-order valence-electron chi connectivity index (χ1n) is 9.98. The number of nitrogens with zero attached hydrogens (tertiary/aromatic N) is 5. The lowest BCUT2D eigenvalue weighted by Crippen LogP contribution is -2.52. The van der Waals surface area contributed by atoms with Crippen LogP contribution in [0.1, 0.15) is 12.0 Å². The van der Waals surface area contributed by atoms with Crippen LogP contribution < -0.4 is 15.0 Å². The highest BCUT2D eigenvalue weighted by Gasteiger charge is 2.20. The molecule has 0 aliphatic carbocycles. The van der Waals surface area contributed by atoms with E-state index in [1.165, 1.54) is 0 Å². The van der Waals surface area contributed by atoms with E-state index < -0.39 is 0 Å². The van der Waals surface area contributed by atoms with Gasteiger partial charge < -0.3 is 24.6 Å². The molecule has 8 heteroatoms. The molecular formula is C21H30N6O2. The van der Waals surface area contributed by atoms with Crippen LogP contribution in [0.15, 0.2) is 47.7 Å². The van der Waals surface area contributed by atoms with E-state index in [1.54, 1.807) is 19.5 Å². The monoisotopic (exact) mass is 398 g/mol. The van der Waals surface area contributed by atoms with Gasteiger partial charge in [0.05, 0.1) is 6.61 Å². The molecule has 0 amide bonds. The predicted molar refractivity (Wildman–Crippen MR) is 114 cm³/mol. The summed E-state index contributed by atoms with van der Waals surface area (Å²) in [5.41, 5.74) is 1.16. The standard InChI is InChI=1S/C21H30N6O2/c1-22-20(26-10-12-27(13-11-26)21-23-8-4-9-24-21)25-17-18-6-3-7-19(16-18)29-15-5-14-28-2/h3-4,6-9,16H,5,10-15,17H2,1-2H3,(H,22,25). The number of hydrogen-bond donors (Lipinski definition) is 1. The minimum atomic E-state index is 0.655. The van der Waals surface area contributed by atoms with E-state index in [1.807, 2.05) is 25.2 Å². The highest BCUT2D eigenvalue weighted by Crippen LogP contribution is 2.14. The van der Waals surface area contributed by atoms with Crippen molar-refractivity contribution in [1.29, 1.82) is 0 Å². The van der Waals surface area contributed by atoms with E-state index in [0.29, 0.717) is 19.8 Å². The summed E-state index contributed by atoms with van der Waals surface area (Å²) in [5.74, 6) is 2.58. The molecule has 0 unspecified atom stereocenters. The summed E-state index contributed by atoms with van der Waals surface area (Å²) in [5, 5.41) is 3.46. The molecule has 2 aromatic rings. The zero-order valence-electron chi connectivity index (χ0n) is 17.3. The Morgan fingerprint density at radius 1 is 1.10 bits per heavy atom. The van der Waals surface area contributed by atoms with Gasteiger partial charge in [-0.1, -0.05) is 12.1 Å². The lowest BCUT2D eigenvalue weighted by Gasteiger charge is -2.36. The maximum atomic E-state index is 5.79. The Kier molecular flexibility index (Phi) is 8.06. The van der Waals surface area contributed by atoms with Crippen LogP contribution in [0.25, 0.3) is 0 Å². The number of methoxy groups -OCH3 is 1. The van der Waals surface area contributed by atoms with E-state index >= 15 is 0 Å². The zero-order chi connectivity index (χ0) is 20.3. The van der Waals surface area contributed by atoms with Gasteiger partial charge in [-0.3, -0.25) is 4.99 Å². The van der Waals surface area contributed by atoms with Crippen molar-refractivity contribution in [1.82, 2.24) is 20.2 Å². The molecule has 1 aliphatic heterocycles. The number of nitrogens with one attached hydrogen (secondary N) is 1. The van der Waals surface area contributed by atoms with Gasteiger partial charge in [-0.15, -0.1) is 0 Å². The highest BCUT2D eigenvalue weighted by atomic mass is 16.5. The van der Waals surface area contributed by atoms with Gasteiger partial charge in [0.1, 0.15) is 5.75 Å². The summed E-state index contributed by atoms with van der Waals surface area (Å²) < 4.78 is 10.8. The molecule has 1 aromatic carbocycles. The van der Waals surface area contributed by atoms with Crippen molar-refractivity contribution in [3.63, 3.8) is 0 Å². The first kappa shape index (κ1) is 20.9. The summed E-state index contributed by atoms with van der Waals surface area (Å²) in [6.45, 7) is 5.55. The number of aliphatic imine (C=N–C) groups is 1. The second kappa shape index (κ2) is 11.2. The lowest BCUT2D eigenvalue weighted by atomic mass is 10.2. The molecule has 1 saturated heterocycles.